The van der Waals surface area contributed by atoms with Gasteiger partial charge < -0.3 is 10.1 Å². The summed E-state index contributed by atoms with van der Waals surface area (Å²) in [5.74, 6) is 1.35. The Labute approximate surface area is 186 Å². The third-order valence-electron chi connectivity index (χ3n) is 6.38. The fraction of sp³-hybridized carbons (Fsp3) is 0.458. The molecule has 2 aromatic heterocycles. The number of aromatic nitrogens is 3. The van der Waals surface area contributed by atoms with Crippen molar-refractivity contribution in [2.75, 3.05) is 12.4 Å². The Morgan fingerprint density at radius 2 is 1.94 bits per heavy atom. The molecular weight excluding hydrogens is 414 g/mol. The van der Waals surface area contributed by atoms with E-state index in [1.54, 1.807) is 12.1 Å². The van der Waals surface area contributed by atoms with Crippen molar-refractivity contribution in [3.8, 4) is 5.75 Å². The van der Waals surface area contributed by atoms with Gasteiger partial charge in [-0.3, -0.25) is 9.48 Å². The number of alkyl halides is 2. The van der Waals surface area contributed by atoms with Crippen LogP contribution in [0.5, 0.6) is 5.75 Å². The number of ether oxygens (including phenoxy) is 1. The number of methoxy groups -OCH3 is 1. The normalized spacial score (nSPS) is 19.0. The minimum absolute atomic E-state index is 0.0810. The first-order valence-electron chi connectivity index (χ1n) is 11.0. The van der Waals surface area contributed by atoms with Crippen molar-refractivity contribution in [1.29, 1.82) is 0 Å². The van der Waals surface area contributed by atoms with Crippen molar-refractivity contribution in [3.05, 3.63) is 47.9 Å². The summed E-state index contributed by atoms with van der Waals surface area (Å²) in [6, 6.07) is 7.93. The molecule has 0 aliphatic heterocycles. The van der Waals surface area contributed by atoms with Crippen molar-refractivity contribution in [2.24, 2.45) is 11.8 Å². The molecule has 1 aliphatic rings. The summed E-state index contributed by atoms with van der Waals surface area (Å²) in [5, 5.41) is 8.36. The minimum Gasteiger partial charge on any atom is -0.494 e. The van der Waals surface area contributed by atoms with Gasteiger partial charge in [0.05, 0.1) is 24.4 Å². The molecular formula is C24H28F2N4O2. The van der Waals surface area contributed by atoms with Gasteiger partial charge in [-0.15, -0.1) is 0 Å². The number of hydrogen-bond donors (Lipinski definition) is 1. The molecule has 1 amide bonds. The number of halogens is 2. The average Bonchev–Trinajstić information content (AvgIpc) is 3.21. The molecule has 0 saturated heterocycles. The Bertz CT molecular complexity index is 1100. The number of amides is 1. The van der Waals surface area contributed by atoms with E-state index >= 15 is 0 Å². The molecule has 4 rings (SSSR count). The Kier molecular flexibility index (Phi) is 6.39. The van der Waals surface area contributed by atoms with Gasteiger partial charge in [-0.1, -0.05) is 19.9 Å². The number of benzene rings is 1. The number of carbonyl (C=O) groups excluding carboxylic acids is 1. The maximum atomic E-state index is 12.9. The number of hydrogen-bond acceptors (Lipinski definition) is 4. The van der Waals surface area contributed by atoms with Crippen LogP contribution in [0.4, 0.5) is 14.5 Å². The predicted octanol–water partition coefficient (Wildman–Crippen LogP) is 6.02. The number of pyridine rings is 1. The summed E-state index contributed by atoms with van der Waals surface area (Å²) in [4.78, 5) is 16.4. The van der Waals surface area contributed by atoms with Gasteiger partial charge in [0.1, 0.15) is 17.1 Å². The lowest BCUT2D eigenvalue weighted by molar-refractivity contribution is 0.101. The van der Waals surface area contributed by atoms with Gasteiger partial charge in [-0.2, -0.15) is 5.10 Å². The summed E-state index contributed by atoms with van der Waals surface area (Å²) in [7, 11) is 1.51. The first-order valence-corrected chi connectivity index (χ1v) is 11.0. The average molecular weight is 443 g/mol. The second kappa shape index (κ2) is 9.22. The van der Waals surface area contributed by atoms with Crippen LogP contribution >= 0.6 is 0 Å². The van der Waals surface area contributed by atoms with Crippen LogP contribution in [0, 0.1) is 11.8 Å². The van der Waals surface area contributed by atoms with Crippen LogP contribution in [0.15, 0.2) is 36.5 Å². The van der Waals surface area contributed by atoms with Crippen LogP contribution in [0.25, 0.3) is 10.9 Å². The highest BCUT2D eigenvalue weighted by atomic mass is 19.3. The molecule has 32 heavy (non-hydrogen) atoms. The van der Waals surface area contributed by atoms with Crippen molar-refractivity contribution in [1.82, 2.24) is 14.8 Å². The number of nitrogens with one attached hydrogen (secondary N) is 1. The van der Waals surface area contributed by atoms with Crippen LogP contribution in [-0.4, -0.2) is 27.8 Å². The van der Waals surface area contributed by atoms with Crippen LogP contribution in [0.1, 0.15) is 68.2 Å². The minimum atomic E-state index is -2.74. The lowest BCUT2D eigenvalue weighted by atomic mass is 9.80. The van der Waals surface area contributed by atoms with E-state index in [0.717, 1.165) is 29.7 Å². The number of fused-ring (bicyclic) bond motifs is 1. The predicted molar refractivity (Wildman–Crippen MR) is 119 cm³/mol. The molecule has 2 heterocycles. The van der Waals surface area contributed by atoms with E-state index in [0.29, 0.717) is 23.4 Å². The van der Waals surface area contributed by atoms with Gasteiger partial charge >= 0.3 is 0 Å². The summed E-state index contributed by atoms with van der Waals surface area (Å²) in [5.41, 5.74) is 0.706. The first-order chi connectivity index (χ1) is 15.4. The molecule has 0 radical (unpaired) electrons. The molecule has 1 fully saturated rings. The van der Waals surface area contributed by atoms with E-state index in [2.05, 4.69) is 24.1 Å². The van der Waals surface area contributed by atoms with E-state index in [1.807, 2.05) is 10.9 Å². The Morgan fingerprint density at radius 1 is 1.19 bits per heavy atom. The molecule has 0 spiro atoms. The van der Waals surface area contributed by atoms with Crippen molar-refractivity contribution < 1.29 is 18.3 Å². The van der Waals surface area contributed by atoms with E-state index in [-0.39, 0.29) is 5.69 Å². The fourth-order valence-electron chi connectivity index (χ4n) is 4.44. The zero-order valence-corrected chi connectivity index (χ0v) is 18.5. The van der Waals surface area contributed by atoms with Crippen LogP contribution < -0.4 is 10.1 Å². The third-order valence-corrected chi connectivity index (χ3v) is 6.38. The molecule has 0 unspecified atom stereocenters. The lowest BCUT2D eigenvalue weighted by Crippen LogP contribution is -2.21. The molecule has 1 aromatic carbocycles. The van der Waals surface area contributed by atoms with E-state index in [1.165, 1.54) is 38.2 Å². The van der Waals surface area contributed by atoms with Gasteiger partial charge in [0.15, 0.2) is 0 Å². The van der Waals surface area contributed by atoms with E-state index in [9.17, 15) is 13.6 Å². The second-order valence-electron chi connectivity index (χ2n) is 8.74. The molecule has 170 valence electrons. The second-order valence-corrected chi connectivity index (χ2v) is 8.74. The van der Waals surface area contributed by atoms with E-state index in [4.69, 9.17) is 9.84 Å². The molecule has 3 aromatic rings. The Hall–Kier alpha value is -3.03. The highest BCUT2D eigenvalue weighted by molar-refractivity contribution is 6.05. The highest BCUT2D eigenvalue weighted by Gasteiger charge is 2.25. The molecule has 1 aliphatic carbocycles. The topological polar surface area (TPSA) is 69.0 Å². The molecule has 8 heteroatoms. The van der Waals surface area contributed by atoms with Crippen LogP contribution in [-0.2, 0) is 0 Å². The maximum absolute atomic E-state index is 12.9. The maximum Gasteiger partial charge on any atom is 0.280 e. The SMILES string of the molecule is COc1cc2nn(C3CCC(C(C)C)CC3)cc2cc1NC(=O)c1cccc(C(F)F)n1. The quantitative estimate of drug-likeness (QED) is 0.507. The van der Waals surface area contributed by atoms with Crippen molar-refractivity contribution in [2.45, 2.75) is 52.0 Å². The molecule has 0 atom stereocenters. The summed E-state index contributed by atoms with van der Waals surface area (Å²) in [6.07, 6.45) is 3.87. The van der Waals surface area contributed by atoms with Crippen LogP contribution in [0.2, 0.25) is 0 Å². The Morgan fingerprint density at radius 3 is 2.59 bits per heavy atom. The zero-order chi connectivity index (χ0) is 22.8. The summed E-state index contributed by atoms with van der Waals surface area (Å²) < 4.78 is 33.3. The zero-order valence-electron chi connectivity index (χ0n) is 18.5. The molecule has 0 bridgehead atoms. The van der Waals surface area contributed by atoms with Gasteiger partial charge in [0, 0.05) is 17.6 Å². The van der Waals surface area contributed by atoms with Crippen molar-refractivity contribution in [3.63, 3.8) is 0 Å². The fourth-order valence-corrected chi connectivity index (χ4v) is 4.44. The number of carbonyl (C=O) groups is 1. The standard InChI is InChI=1S/C24H28F2N4O2/c1-14(2)15-7-9-17(10-8-15)30-13-16-11-21(22(32-3)12-20(16)29-30)28-24(31)19-6-4-5-18(27-19)23(25)26/h4-6,11-15,17,23H,7-10H2,1-3H3,(H,28,31). The molecule has 6 nitrogen and oxygen atoms in total. The smallest absolute Gasteiger partial charge is 0.280 e. The molecule has 1 N–H and O–H groups in total. The lowest BCUT2D eigenvalue weighted by Gasteiger charge is -2.30. The first kappa shape index (κ1) is 22.2. The van der Waals surface area contributed by atoms with Gasteiger partial charge in [-0.25, -0.2) is 13.8 Å². The summed E-state index contributed by atoms with van der Waals surface area (Å²) in [6.45, 7) is 4.57. The third kappa shape index (κ3) is 4.59. The van der Waals surface area contributed by atoms with Gasteiger partial charge in [-0.05, 0) is 55.7 Å². The number of nitrogens with zero attached hydrogens (tertiary/aromatic N) is 3. The number of rotatable bonds is 6. The monoisotopic (exact) mass is 442 g/mol. The highest BCUT2D eigenvalue weighted by Crippen LogP contribution is 2.37. The molecule has 1 saturated carbocycles. The van der Waals surface area contributed by atoms with Crippen molar-refractivity contribution >= 4 is 22.5 Å². The van der Waals surface area contributed by atoms with Crippen LogP contribution in [0.3, 0.4) is 0 Å². The Balaban J connectivity index is 1.56. The van der Waals surface area contributed by atoms with Gasteiger partial charge in [0.2, 0.25) is 0 Å². The van der Waals surface area contributed by atoms with Gasteiger partial charge in [0.25, 0.3) is 12.3 Å². The number of anilines is 1. The largest absolute Gasteiger partial charge is 0.494 e. The van der Waals surface area contributed by atoms with E-state index < -0.39 is 18.0 Å². The summed E-state index contributed by atoms with van der Waals surface area (Å²) >= 11 is 0.